The number of hydrogen-bond donors (Lipinski definition) is 1. The summed E-state index contributed by atoms with van der Waals surface area (Å²) in [6.45, 7) is 0. The molecule has 1 aromatic carbocycles. The number of rotatable bonds is 1. The minimum absolute atomic E-state index is 0.348. The quantitative estimate of drug-likeness (QED) is 0.798. The molecule has 0 spiro atoms. The molecule has 2 rings (SSSR count). The van der Waals surface area contributed by atoms with Gasteiger partial charge in [-0.2, -0.15) is 0 Å². The molecule has 1 N–H and O–H groups in total. The SMILES string of the molecule is [2H]C([2H])([2H])Oc1cc(Br)cc2[nH]ccc12. The van der Waals surface area contributed by atoms with E-state index in [2.05, 4.69) is 20.9 Å². The number of H-pyrrole nitrogens is 1. The van der Waals surface area contributed by atoms with Crippen molar-refractivity contribution in [3.8, 4) is 5.75 Å². The predicted octanol–water partition coefficient (Wildman–Crippen LogP) is 2.94. The van der Waals surface area contributed by atoms with Crippen molar-refractivity contribution >= 4 is 26.8 Å². The third-order valence-corrected chi connectivity index (χ3v) is 2.16. The monoisotopic (exact) mass is 228 g/mol. The second-order valence-electron chi connectivity index (χ2n) is 2.44. The van der Waals surface area contributed by atoms with Crippen LogP contribution in [-0.2, 0) is 0 Å². The molecule has 0 radical (unpaired) electrons. The van der Waals surface area contributed by atoms with Crippen LogP contribution < -0.4 is 4.74 Å². The van der Waals surface area contributed by atoms with Gasteiger partial charge in [-0.1, -0.05) is 15.9 Å². The minimum atomic E-state index is -2.43. The molecule has 12 heavy (non-hydrogen) atoms. The highest BCUT2D eigenvalue weighted by atomic mass is 79.9. The minimum Gasteiger partial charge on any atom is -0.496 e. The second kappa shape index (κ2) is 2.83. The Morgan fingerprint density at radius 1 is 1.58 bits per heavy atom. The van der Waals surface area contributed by atoms with Crippen molar-refractivity contribution < 1.29 is 8.85 Å². The van der Waals surface area contributed by atoms with Gasteiger partial charge in [0.25, 0.3) is 0 Å². The molecule has 0 saturated heterocycles. The lowest BCUT2D eigenvalue weighted by molar-refractivity contribution is 0.419. The number of hydrogen-bond acceptors (Lipinski definition) is 1. The van der Waals surface area contributed by atoms with Crippen LogP contribution in [-0.4, -0.2) is 12.0 Å². The van der Waals surface area contributed by atoms with Gasteiger partial charge in [0.05, 0.1) is 16.7 Å². The summed E-state index contributed by atoms with van der Waals surface area (Å²) in [4.78, 5) is 2.99. The van der Waals surface area contributed by atoms with Gasteiger partial charge < -0.3 is 9.72 Å². The van der Waals surface area contributed by atoms with Crippen LogP contribution in [0.3, 0.4) is 0 Å². The zero-order valence-corrected chi connectivity index (χ0v) is 7.68. The number of halogens is 1. The fourth-order valence-corrected chi connectivity index (χ4v) is 1.62. The first-order valence-corrected chi connectivity index (χ1v) is 4.21. The molecule has 0 saturated carbocycles. The molecule has 0 unspecified atom stereocenters. The van der Waals surface area contributed by atoms with Gasteiger partial charge in [-0.15, -0.1) is 0 Å². The molecule has 62 valence electrons. The Morgan fingerprint density at radius 3 is 3.33 bits per heavy atom. The van der Waals surface area contributed by atoms with Crippen LogP contribution in [0.15, 0.2) is 28.9 Å². The van der Waals surface area contributed by atoms with Crippen molar-refractivity contribution in [3.05, 3.63) is 28.9 Å². The maximum atomic E-state index is 7.05. The van der Waals surface area contributed by atoms with Crippen LogP contribution in [0.5, 0.6) is 5.75 Å². The number of benzene rings is 1. The van der Waals surface area contributed by atoms with Crippen LogP contribution >= 0.6 is 15.9 Å². The van der Waals surface area contributed by atoms with Crippen LogP contribution in [0.1, 0.15) is 4.11 Å². The molecule has 1 aromatic heterocycles. The maximum Gasteiger partial charge on any atom is 0.129 e. The van der Waals surface area contributed by atoms with Gasteiger partial charge in [-0.05, 0) is 18.2 Å². The molecule has 0 fully saturated rings. The fourth-order valence-electron chi connectivity index (χ4n) is 1.18. The Kier molecular flexibility index (Phi) is 1.16. The fraction of sp³-hybridized carbons (Fsp3) is 0.111. The van der Waals surface area contributed by atoms with Crippen molar-refractivity contribution in [3.63, 3.8) is 0 Å². The lowest BCUT2D eigenvalue weighted by Gasteiger charge is -2.01. The summed E-state index contributed by atoms with van der Waals surface area (Å²) in [5.41, 5.74) is 0.837. The average molecular weight is 229 g/mol. The molecule has 2 aromatic rings. The van der Waals surface area contributed by atoms with Crippen LogP contribution in [0, 0.1) is 0 Å². The third-order valence-electron chi connectivity index (χ3n) is 1.71. The Hall–Kier alpha value is -0.960. The van der Waals surface area contributed by atoms with Gasteiger partial charge in [-0.25, -0.2) is 0 Å². The molecular formula is C9H8BrNO. The summed E-state index contributed by atoms with van der Waals surface area (Å²) in [5.74, 6) is 0.348. The zero-order chi connectivity index (χ0) is 11.1. The van der Waals surface area contributed by atoms with Gasteiger partial charge in [0, 0.05) is 16.1 Å². The summed E-state index contributed by atoms with van der Waals surface area (Å²) >= 11 is 3.29. The van der Waals surface area contributed by atoms with E-state index >= 15 is 0 Å². The van der Waals surface area contributed by atoms with E-state index < -0.39 is 7.04 Å². The first kappa shape index (κ1) is 4.92. The Labute approximate surface area is 82.9 Å². The lowest BCUT2D eigenvalue weighted by atomic mass is 10.2. The number of ether oxygens (including phenoxy) is 1. The normalized spacial score (nSPS) is 15.2. The Bertz CT molecular complexity index is 492. The molecule has 0 aliphatic rings. The smallest absolute Gasteiger partial charge is 0.129 e. The molecule has 0 atom stereocenters. The third kappa shape index (κ3) is 1.10. The van der Waals surface area contributed by atoms with E-state index in [9.17, 15) is 0 Å². The number of nitrogens with one attached hydrogen (secondary N) is 1. The first-order valence-electron chi connectivity index (χ1n) is 4.91. The molecule has 0 aliphatic heterocycles. The van der Waals surface area contributed by atoms with E-state index in [1.807, 2.05) is 6.07 Å². The number of aromatic nitrogens is 1. The molecule has 3 heteroatoms. The highest BCUT2D eigenvalue weighted by molar-refractivity contribution is 9.10. The van der Waals surface area contributed by atoms with Crippen molar-refractivity contribution in [2.45, 2.75) is 0 Å². The van der Waals surface area contributed by atoms with Crippen molar-refractivity contribution in [2.24, 2.45) is 0 Å². The van der Waals surface area contributed by atoms with E-state index in [-0.39, 0.29) is 0 Å². The number of methoxy groups -OCH3 is 1. The van der Waals surface area contributed by atoms with Gasteiger partial charge in [0.15, 0.2) is 0 Å². The second-order valence-corrected chi connectivity index (χ2v) is 3.36. The summed E-state index contributed by atoms with van der Waals surface area (Å²) in [6, 6.07) is 5.28. The van der Waals surface area contributed by atoms with Gasteiger partial charge in [-0.3, -0.25) is 0 Å². The summed E-state index contributed by atoms with van der Waals surface area (Å²) in [7, 11) is -2.43. The molecular weight excluding hydrogens is 218 g/mol. The van der Waals surface area contributed by atoms with E-state index in [0.29, 0.717) is 5.75 Å². The molecule has 1 heterocycles. The Balaban J connectivity index is 2.53. The standard InChI is InChI=1S/C9H8BrNO/c1-12-9-5-6(10)4-8-7(9)2-3-11-8/h2-5,11H,1H3/i1D3. The van der Waals surface area contributed by atoms with E-state index in [1.54, 1.807) is 18.3 Å². The Morgan fingerprint density at radius 2 is 2.50 bits per heavy atom. The van der Waals surface area contributed by atoms with Crippen LogP contribution in [0.25, 0.3) is 10.9 Å². The lowest BCUT2D eigenvalue weighted by Crippen LogP contribution is -1.83. The van der Waals surface area contributed by atoms with E-state index in [1.165, 1.54) is 0 Å². The highest BCUT2D eigenvalue weighted by Gasteiger charge is 2.02. The van der Waals surface area contributed by atoms with Crippen molar-refractivity contribution in [1.82, 2.24) is 4.98 Å². The zero-order valence-electron chi connectivity index (χ0n) is 9.10. The summed E-state index contributed by atoms with van der Waals surface area (Å²) in [6.07, 6.45) is 1.74. The van der Waals surface area contributed by atoms with Gasteiger partial charge >= 0.3 is 0 Å². The molecule has 0 aliphatic carbocycles. The van der Waals surface area contributed by atoms with E-state index in [0.717, 1.165) is 15.4 Å². The topological polar surface area (TPSA) is 25.0 Å². The average Bonchev–Trinajstić information content (AvgIpc) is 2.48. The first-order chi connectivity index (χ1) is 6.96. The summed E-state index contributed by atoms with van der Waals surface area (Å²) in [5, 5.41) is 0.759. The largest absolute Gasteiger partial charge is 0.496 e. The van der Waals surface area contributed by atoms with Gasteiger partial charge in [0.2, 0.25) is 0 Å². The van der Waals surface area contributed by atoms with Crippen molar-refractivity contribution in [2.75, 3.05) is 7.04 Å². The number of aromatic amines is 1. The van der Waals surface area contributed by atoms with Crippen LogP contribution in [0.4, 0.5) is 0 Å². The molecule has 0 amide bonds. The maximum absolute atomic E-state index is 7.05. The molecule has 0 bridgehead atoms. The van der Waals surface area contributed by atoms with Crippen molar-refractivity contribution in [1.29, 1.82) is 0 Å². The van der Waals surface area contributed by atoms with Crippen LogP contribution in [0.2, 0.25) is 0 Å². The van der Waals surface area contributed by atoms with E-state index in [4.69, 9.17) is 8.85 Å². The number of fused-ring (bicyclic) bond motifs is 1. The molecule has 2 nitrogen and oxygen atoms in total. The summed E-state index contributed by atoms with van der Waals surface area (Å²) < 4.78 is 26.8. The highest BCUT2D eigenvalue weighted by Crippen LogP contribution is 2.28. The van der Waals surface area contributed by atoms with Gasteiger partial charge in [0.1, 0.15) is 5.75 Å². The predicted molar refractivity (Wildman–Crippen MR) is 52.6 cm³/mol.